The van der Waals surface area contributed by atoms with E-state index in [1.165, 1.54) is 0 Å². The number of anilines is 1. The SMILES string of the molecule is CCC(C)[C@H](O)[C@H](N)c1ccc(N(C)C)cc1Cl.Cl. The van der Waals surface area contributed by atoms with E-state index in [0.717, 1.165) is 17.7 Å². The molecule has 0 spiro atoms. The van der Waals surface area contributed by atoms with Crippen molar-refractivity contribution in [2.45, 2.75) is 32.4 Å². The molecule has 0 heterocycles. The molecule has 0 aliphatic carbocycles. The number of nitrogens with two attached hydrogens (primary N) is 1. The number of hydrogen-bond acceptors (Lipinski definition) is 3. The third kappa shape index (κ3) is 4.53. The third-order valence-corrected chi connectivity index (χ3v) is 3.78. The van der Waals surface area contributed by atoms with Crippen molar-refractivity contribution in [2.24, 2.45) is 11.7 Å². The summed E-state index contributed by atoms with van der Waals surface area (Å²) in [7, 11) is 3.92. The molecule has 0 saturated carbocycles. The van der Waals surface area contributed by atoms with Crippen molar-refractivity contribution in [3.63, 3.8) is 0 Å². The van der Waals surface area contributed by atoms with Crippen LogP contribution in [0.25, 0.3) is 0 Å². The molecule has 3 atom stereocenters. The van der Waals surface area contributed by atoms with Crippen LogP contribution in [-0.4, -0.2) is 25.3 Å². The van der Waals surface area contributed by atoms with Gasteiger partial charge in [-0.25, -0.2) is 0 Å². The van der Waals surface area contributed by atoms with Gasteiger partial charge in [0.2, 0.25) is 0 Å². The lowest BCUT2D eigenvalue weighted by atomic mass is 9.91. The number of rotatable bonds is 5. The van der Waals surface area contributed by atoms with E-state index in [2.05, 4.69) is 0 Å². The van der Waals surface area contributed by atoms with E-state index in [9.17, 15) is 5.11 Å². The summed E-state index contributed by atoms with van der Waals surface area (Å²) >= 11 is 6.24. The summed E-state index contributed by atoms with van der Waals surface area (Å²) in [4.78, 5) is 1.98. The van der Waals surface area contributed by atoms with Gasteiger partial charge in [0.25, 0.3) is 0 Å². The molecule has 0 amide bonds. The fourth-order valence-corrected chi connectivity index (χ4v) is 2.14. The first-order valence-corrected chi connectivity index (χ1v) is 6.66. The molecule has 110 valence electrons. The Morgan fingerprint density at radius 2 is 1.95 bits per heavy atom. The van der Waals surface area contributed by atoms with Crippen molar-refractivity contribution in [1.82, 2.24) is 0 Å². The monoisotopic (exact) mass is 306 g/mol. The number of benzene rings is 1. The molecule has 0 bridgehead atoms. The van der Waals surface area contributed by atoms with Crippen LogP contribution in [-0.2, 0) is 0 Å². The summed E-state index contributed by atoms with van der Waals surface area (Å²) in [5.41, 5.74) is 7.92. The van der Waals surface area contributed by atoms with Gasteiger partial charge in [-0.2, -0.15) is 0 Å². The van der Waals surface area contributed by atoms with Crippen LogP contribution in [0.2, 0.25) is 5.02 Å². The highest BCUT2D eigenvalue weighted by Gasteiger charge is 2.23. The Kier molecular flexibility index (Phi) is 7.75. The van der Waals surface area contributed by atoms with Crippen molar-refractivity contribution in [3.05, 3.63) is 28.8 Å². The Labute approximate surface area is 127 Å². The second-order valence-electron chi connectivity index (χ2n) is 5.00. The van der Waals surface area contributed by atoms with E-state index < -0.39 is 12.1 Å². The largest absolute Gasteiger partial charge is 0.391 e. The van der Waals surface area contributed by atoms with Crippen LogP contribution >= 0.6 is 24.0 Å². The summed E-state index contributed by atoms with van der Waals surface area (Å²) in [6.07, 6.45) is 0.320. The molecule has 3 nitrogen and oxygen atoms in total. The molecule has 3 N–H and O–H groups in total. The van der Waals surface area contributed by atoms with E-state index in [1.54, 1.807) is 0 Å². The lowest BCUT2D eigenvalue weighted by molar-refractivity contribution is 0.0880. The smallest absolute Gasteiger partial charge is 0.0758 e. The van der Waals surface area contributed by atoms with Crippen LogP contribution < -0.4 is 10.6 Å². The first-order valence-electron chi connectivity index (χ1n) is 6.28. The fourth-order valence-electron chi connectivity index (χ4n) is 1.84. The van der Waals surface area contributed by atoms with Crippen LogP contribution in [0.4, 0.5) is 5.69 Å². The Morgan fingerprint density at radius 3 is 2.37 bits per heavy atom. The molecule has 0 saturated heterocycles. The number of aliphatic hydroxyl groups excluding tert-OH is 1. The highest BCUT2D eigenvalue weighted by Crippen LogP contribution is 2.30. The molecular weight excluding hydrogens is 283 g/mol. The molecular formula is C14H24Cl2N2O. The van der Waals surface area contributed by atoms with E-state index in [0.29, 0.717) is 5.02 Å². The van der Waals surface area contributed by atoms with Crippen LogP contribution in [0, 0.1) is 5.92 Å². The minimum absolute atomic E-state index is 0. The predicted molar refractivity (Wildman–Crippen MR) is 85.4 cm³/mol. The van der Waals surface area contributed by atoms with Gasteiger partial charge in [-0.15, -0.1) is 12.4 Å². The zero-order chi connectivity index (χ0) is 13.9. The second kappa shape index (κ2) is 7.95. The number of hydrogen-bond donors (Lipinski definition) is 2. The minimum atomic E-state index is -0.572. The lowest BCUT2D eigenvalue weighted by Crippen LogP contribution is -2.31. The Bertz CT molecular complexity index is 399. The molecule has 5 heteroatoms. The predicted octanol–water partition coefficient (Wildman–Crippen LogP) is 3.23. The first kappa shape index (κ1) is 18.5. The zero-order valence-electron chi connectivity index (χ0n) is 11.9. The highest BCUT2D eigenvalue weighted by molar-refractivity contribution is 6.31. The average molecular weight is 307 g/mol. The summed E-state index contributed by atoms with van der Waals surface area (Å²) in [6, 6.07) is 5.29. The van der Waals surface area contributed by atoms with Crippen molar-refractivity contribution in [1.29, 1.82) is 0 Å². The zero-order valence-corrected chi connectivity index (χ0v) is 13.5. The third-order valence-electron chi connectivity index (χ3n) is 3.45. The summed E-state index contributed by atoms with van der Waals surface area (Å²) < 4.78 is 0. The topological polar surface area (TPSA) is 49.5 Å². The van der Waals surface area contributed by atoms with Gasteiger partial charge in [-0.3, -0.25) is 0 Å². The second-order valence-corrected chi connectivity index (χ2v) is 5.41. The van der Waals surface area contributed by atoms with Crippen LogP contribution in [0.1, 0.15) is 31.9 Å². The molecule has 1 aromatic rings. The molecule has 1 rings (SSSR count). The molecule has 0 aromatic heterocycles. The highest BCUT2D eigenvalue weighted by atomic mass is 35.5. The van der Waals surface area contributed by atoms with Crippen LogP contribution in [0.15, 0.2) is 18.2 Å². The standard InChI is InChI=1S/C14H23ClN2O.ClH/c1-5-9(2)14(18)13(16)11-7-6-10(17(3)4)8-12(11)15;/h6-9,13-14,18H,5,16H2,1-4H3;1H/t9?,13-,14+;/m1./s1. The Hall–Kier alpha value is -0.480. The molecule has 19 heavy (non-hydrogen) atoms. The van der Waals surface area contributed by atoms with E-state index in [4.69, 9.17) is 17.3 Å². The summed E-state index contributed by atoms with van der Waals surface area (Å²) in [6.45, 7) is 4.03. The van der Waals surface area contributed by atoms with Gasteiger partial charge in [0.15, 0.2) is 0 Å². The number of nitrogens with zero attached hydrogens (tertiary/aromatic N) is 1. The average Bonchev–Trinajstić information content (AvgIpc) is 2.35. The van der Waals surface area contributed by atoms with Crippen molar-refractivity contribution in [3.8, 4) is 0 Å². The van der Waals surface area contributed by atoms with Gasteiger partial charge < -0.3 is 15.7 Å². The molecule has 0 radical (unpaired) electrons. The van der Waals surface area contributed by atoms with Crippen LogP contribution in [0.5, 0.6) is 0 Å². The van der Waals surface area contributed by atoms with Gasteiger partial charge in [0.05, 0.1) is 12.1 Å². The van der Waals surface area contributed by atoms with Gasteiger partial charge in [-0.1, -0.05) is 37.9 Å². The van der Waals surface area contributed by atoms with Crippen molar-refractivity contribution < 1.29 is 5.11 Å². The minimum Gasteiger partial charge on any atom is -0.391 e. The maximum Gasteiger partial charge on any atom is 0.0758 e. The quantitative estimate of drug-likeness (QED) is 0.878. The van der Waals surface area contributed by atoms with E-state index in [-0.39, 0.29) is 18.3 Å². The van der Waals surface area contributed by atoms with Gasteiger partial charge in [0, 0.05) is 24.8 Å². The van der Waals surface area contributed by atoms with Crippen LogP contribution in [0.3, 0.4) is 0 Å². The molecule has 1 unspecified atom stereocenters. The summed E-state index contributed by atoms with van der Waals surface area (Å²) in [5.74, 6) is 0.157. The molecule has 0 fully saturated rings. The van der Waals surface area contributed by atoms with Gasteiger partial charge in [-0.05, 0) is 23.6 Å². The lowest BCUT2D eigenvalue weighted by Gasteiger charge is -2.25. The fraction of sp³-hybridized carbons (Fsp3) is 0.571. The Balaban J connectivity index is 0.00000324. The van der Waals surface area contributed by atoms with Gasteiger partial charge >= 0.3 is 0 Å². The van der Waals surface area contributed by atoms with E-state index in [1.807, 2.05) is 51.0 Å². The maximum absolute atomic E-state index is 10.1. The van der Waals surface area contributed by atoms with Crippen molar-refractivity contribution in [2.75, 3.05) is 19.0 Å². The molecule has 1 aromatic carbocycles. The van der Waals surface area contributed by atoms with Crippen molar-refractivity contribution >= 4 is 29.7 Å². The number of aliphatic hydroxyl groups is 1. The van der Waals surface area contributed by atoms with E-state index >= 15 is 0 Å². The first-order chi connectivity index (χ1) is 8.38. The molecule has 0 aliphatic heterocycles. The number of halogens is 2. The Morgan fingerprint density at radius 1 is 1.37 bits per heavy atom. The van der Waals surface area contributed by atoms with Gasteiger partial charge in [0.1, 0.15) is 0 Å². The maximum atomic E-state index is 10.1. The summed E-state index contributed by atoms with van der Waals surface area (Å²) in [5, 5.41) is 10.8. The molecule has 0 aliphatic rings. The normalized spacial score (nSPS) is 15.3.